The first-order valence-electron chi connectivity index (χ1n) is 7.05. The van der Waals surface area contributed by atoms with Crippen LogP contribution in [-0.4, -0.2) is 85.7 Å². The Morgan fingerprint density at radius 3 is 2.28 bits per heavy atom. The Balaban J connectivity index is 1.83. The molecule has 1 unspecified atom stereocenters. The number of carbonyl (C=O) groups is 1. The molecule has 5 heteroatoms. The van der Waals surface area contributed by atoms with E-state index in [1.807, 2.05) is 11.8 Å². The molecule has 2 fully saturated rings. The van der Waals surface area contributed by atoms with Gasteiger partial charge >= 0.3 is 0 Å². The van der Waals surface area contributed by atoms with Crippen LogP contribution in [0.5, 0.6) is 0 Å². The maximum absolute atomic E-state index is 12.4. The molecule has 0 N–H and O–H groups in total. The number of hydrogen-bond donors (Lipinski definition) is 0. The maximum Gasteiger partial charge on any atom is 0.239 e. The molecule has 2 aliphatic rings. The second-order valence-corrected chi connectivity index (χ2v) is 5.08. The average molecular weight is 255 g/mol. The summed E-state index contributed by atoms with van der Waals surface area (Å²) in [5, 5.41) is 0. The average Bonchev–Trinajstić information content (AvgIpc) is 2.47. The van der Waals surface area contributed by atoms with Crippen molar-refractivity contribution in [2.75, 3.05) is 59.0 Å². The van der Waals surface area contributed by atoms with E-state index in [1.165, 1.54) is 0 Å². The van der Waals surface area contributed by atoms with Gasteiger partial charge in [0.2, 0.25) is 5.91 Å². The Labute approximate surface area is 110 Å². The number of ether oxygens (including phenoxy) is 1. The van der Waals surface area contributed by atoms with Crippen LogP contribution >= 0.6 is 0 Å². The molecule has 2 aliphatic heterocycles. The van der Waals surface area contributed by atoms with Gasteiger partial charge in [0.15, 0.2) is 0 Å². The highest BCUT2D eigenvalue weighted by atomic mass is 16.5. The van der Waals surface area contributed by atoms with Gasteiger partial charge < -0.3 is 14.5 Å². The zero-order valence-corrected chi connectivity index (χ0v) is 11.6. The molecule has 0 aromatic carbocycles. The molecule has 2 saturated heterocycles. The summed E-state index contributed by atoms with van der Waals surface area (Å²) >= 11 is 0. The van der Waals surface area contributed by atoms with Crippen LogP contribution < -0.4 is 0 Å². The first-order valence-corrected chi connectivity index (χ1v) is 7.05. The first-order chi connectivity index (χ1) is 8.72. The highest BCUT2D eigenvalue weighted by molar-refractivity contribution is 5.81. The molecule has 104 valence electrons. The quantitative estimate of drug-likeness (QED) is 0.704. The second-order valence-electron chi connectivity index (χ2n) is 5.08. The number of rotatable bonds is 3. The van der Waals surface area contributed by atoms with Crippen molar-refractivity contribution in [3.63, 3.8) is 0 Å². The Hall–Kier alpha value is -0.650. The van der Waals surface area contributed by atoms with Crippen LogP contribution in [0.3, 0.4) is 0 Å². The van der Waals surface area contributed by atoms with Crippen LogP contribution in [0.25, 0.3) is 0 Å². The van der Waals surface area contributed by atoms with Crippen molar-refractivity contribution >= 4 is 5.91 Å². The minimum Gasteiger partial charge on any atom is -0.379 e. The Morgan fingerprint density at radius 1 is 1.11 bits per heavy atom. The van der Waals surface area contributed by atoms with Gasteiger partial charge in [0, 0.05) is 39.3 Å². The molecule has 1 amide bonds. The van der Waals surface area contributed by atoms with E-state index in [0.29, 0.717) is 0 Å². The van der Waals surface area contributed by atoms with Gasteiger partial charge in [-0.25, -0.2) is 0 Å². The zero-order chi connectivity index (χ0) is 13.0. The Kier molecular flexibility index (Phi) is 4.97. The lowest BCUT2D eigenvalue weighted by molar-refractivity contribution is -0.139. The molecule has 0 aromatic heterocycles. The largest absolute Gasteiger partial charge is 0.379 e. The second kappa shape index (κ2) is 6.50. The van der Waals surface area contributed by atoms with E-state index >= 15 is 0 Å². The molecular formula is C13H25N3O2. The summed E-state index contributed by atoms with van der Waals surface area (Å²) < 4.78 is 5.33. The number of likely N-dealkylation sites (N-methyl/N-ethyl adjacent to an activating group) is 1. The van der Waals surface area contributed by atoms with Gasteiger partial charge in [-0.3, -0.25) is 9.69 Å². The lowest BCUT2D eigenvalue weighted by Gasteiger charge is -2.38. The molecule has 18 heavy (non-hydrogen) atoms. The van der Waals surface area contributed by atoms with E-state index in [9.17, 15) is 4.79 Å². The number of piperazine rings is 1. The van der Waals surface area contributed by atoms with E-state index in [-0.39, 0.29) is 11.9 Å². The molecule has 0 spiro atoms. The third-order valence-electron chi connectivity index (χ3n) is 4.08. The van der Waals surface area contributed by atoms with Crippen molar-refractivity contribution in [3.05, 3.63) is 0 Å². The lowest BCUT2D eigenvalue weighted by atomic mass is 10.2. The van der Waals surface area contributed by atoms with Crippen LogP contribution in [0, 0.1) is 0 Å². The maximum atomic E-state index is 12.4. The summed E-state index contributed by atoms with van der Waals surface area (Å²) in [7, 11) is 0. The molecule has 2 rings (SSSR count). The van der Waals surface area contributed by atoms with Crippen LogP contribution in [-0.2, 0) is 9.53 Å². The minimum atomic E-state index is 0.00192. The van der Waals surface area contributed by atoms with Crippen molar-refractivity contribution in [2.45, 2.75) is 19.9 Å². The lowest BCUT2D eigenvalue weighted by Crippen LogP contribution is -2.55. The van der Waals surface area contributed by atoms with Gasteiger partial charge in [-0.2, -0.15) is 0 Å². The van der Waals surface area contributed by atoms with Crippen molar-refractivity contribution in [1.29, 1.82) is 0 Å². The fourth-order valence-electron chi connectivity index (χ4n) is 2.67. The Bertz CT molecular complexity index is 271. The predicted octanol–water partition coefficient (Wildman–Crippen LogP) is -0.129. The summed E-state index contributed by atoms with van der Waals surface area (Å²) in [6, 6.07) is 0.00192. The molecule has 0 aliphatic carbocycles. The number of hydrogen-bond acceptors (Lipinski definition) is 4. The highest BCUT2D eigenvalue weighted by Gasteiger charge is 2.28. The predicted molar refractivity (Wildman–Crippen MR) is 70.5 cm³/mol. The van der Waals surface area contributed by atoms with E-state index < -0.39 is 0 Å². The normalized spacial score (nSPS) is 25.1. The summed E-state index contributed by atoms with van der Waals surface area (Å²) in [6.45, 7) is 12.3. The van der Waals surface area contributed by atoms with Crippen molar-refractivity contribution < 1.29 is 9.53 Å². The third kappa shape index (κ3) is 3.22. The van der Waals surface area contributed by atoms with Crippen LogP contribution in [0.15, 0.2) is 0 Å². The van der Waals surface area contributed by atoms with Crippen LogP contribution in [0.2, 0.25) is 0 Å². The smallest absolute Gasteiger partial charge is 0.239 e. The molecule has 1 atom stereocenters. The van der Waals surface area contributed by atoms with E-state index in [0.717, 1.165) is 59.0 Å². The number of nitrogens with zero attached hydrogens (tertiary/aromatic N) is 3. The van der Waals surface area contributed by atoms with Gasteiger partial charge in [-0.05, 0) is 13.5 Å². The van der Waals surface area contributed by atoms with Crippen LogP contribution in [0.1, 0.15) is 13.8 Å². The standard InChI is InChI=1S/C13H25N3O2/c1-3-14-4-6-16(7-5-14)13(17)12(2)15-8-10-18-11-9-15/h12H,3-11H2,1-2H3. The summed E-state index contributed by atoms with van der Waals surface area (Å²) in [4.78, 5) is 19.1. The topological polar surface area (TPSA) is 36.0 Å². The van der Waals surface area contributed by atoms with E-state index in [4.69, 9.17) is 4.74 Å². The zero-order valence-electron chi connectivity index (χ0n) is 11.6. The number of amides is 1. The SMILES string of the molecule is CCN1CCN(C(=O)C(C)N2CCOCC2)CC1. The summed E-state index contributed by atoms with van der Waals surface area (Å²) in [6.07, 6.45) is 0. The minimum absolute atomic E-state index is 0.00192. The van der Waals surface area contributed by atoms with Gasteiger partial charge in [-0.15, -0.1) is 0 Å². The van der Waals surface area contributed by atoms with Gasteiger partial charge in [0.25, 0.3) is 0 Å². The number of morpholine rings is 1. The van der Waals surface area contributed by atoms with Gasteiger partial charge in [0.1, 0.15) is 0 Å². The van der Waals surface area contributed by atoms with Gasteiger partial charge in [-0.1, -0.05) is 6.92 Å². The fraction of sp³-hybridized carbons (Fsp3) is 0.923. The molecule has 0 radical (unpaired) electrons. The Morgan fingerprint density at radius 2 is 1.72 bits per heavy atom. The molecule has 0 aromatic rings. The van der Waals surface area contributed by atoms with Crippen molar-refractivity contribution in [2.24, 2.45) is 0 Å². The fourth-order valence-corrected chi connectivity index (χ4v) is 2.67. The molecule has 0 saturated carbocycles. The van der Waals surface area contributed by atoms with Crippen molar-refractivity contribution in [1.82, 2.24) is 14.7 Å². The first kappa shape index (κ1) is 13.8. The van der Waals surface area contributed by atoms with Crippen molar-refractivity contribution in [3.8, 4) is 0 Å². The molecule has 2 heterocycles. The van der Waals surface area contributed by atoms with Crippen LogP contribution in [0.4, 0.5) is 0 Å². The summed E-state index contributed by atoms with van der Waals surface area (Å²) in [5.74, 6) is 0.285. The van der Waals surface area contributed by atoms with E-state index in [1.54, 1.807) is 0 Å². The highest BCUT2D eigenvalue weighted by Crippen LogP contribution is 2.09. The third-order valence-corrected chi connectivity index (χ3v) is 4.08. The monoisotopic (exact) mass is 255 g/mol. The van der Waals surface area contributed by atoms with E-state index in [2.05, 4.69) is 16.7 Å². The molecule has 5 nitrogen and oxygen atoms in total. The summed E-state index contributed by atoms with van der Waals surface area (Å²) in [5.41, 5.74) is 0. The molecular weight excluding hydrogens is 230 g/mol. The van der Waals surface area contributed by atoms with Gasteiger partial charge in [0.05, 0.1) is 19.3 Å². The number of carbonyl (C=O) groups excluding carboxylic acids is 1. The molecule has 0 bridgehead atoms.